The van der Waals surface area contributed by atoms with Crippen molar-refractivity contribution in [2.45, 2.75) is 32.7 Å². The highest BCUT2D eigenvalue weighted by Crippen LogP contribution is 2.25. The molecule has 1 heterocycles. The molecule has 2 rings (SSSR count). The highest BCUT2D eigenvalue weighted by atomic mass is 14.9. The van der Waals surface area contributed by atoms with Gasteiger partial charge in [0.2, 0.25) is 0 Å². The molecule has 0 spiro atoms. The monoisotopic (exact) mass is 255 g/mol. The Morgan fingerprint density at radius 3 is 2.84 bits per heavy atom. The maximum Gasteiger partial charge on any atom is 0.0934 e. The highest BCUT2D eigenvalue weighted by molar-refractivity contribution is 5.78. The lowest BCUT2D eigenvalue weighted by molar-refractivity contribution is 0.517. The number of para-hydroxylation sites is 1. The molecule has 1 aromatic carbocycles. The van der Waals surface area contributed by atoms with Crippen LogP contribution < -0.4 is 5.32 Å². The van der Waals surface area contributed by atoms with E-state index in [1.807, 2.05) is 6.07 Å². The van der Waals surface area contributed by atoms with Gasteiger partial charge in [0.1, 0.15) is 0 Å². The topological polar surface area (TPSA) is 37.8 Å². The first-order valence-electron chi connectivity index (χ1n) is 6.79. The van der Waals surface area contributed by atoms with Crippen LogP contribution in [0.2, 0.25) is 0 Å². The third kappa shape index (κ3) is 3.38. The van der Waals surface area contributed by atoms with Crippen LogP contribution in [0.3, 0.4) is 0 Å². The Bertz CT molecular complexity index is 557. The average Bonchev–Trinajstić information content (AvgIpc) is 2.43. The molecule has 0 fully saturated rings. The fourth-order valence-electron chi connectivity index (χ4n) is 2.30. The Hall–Kier alpha value is -1.74. The summed E-state index contributed by atoms with van der Waals surface area (Å²) in [4.78, 5) is 8.86. The zero-order valence-electron chi connectivity index (χ0n) is 11.7. The lowest BCUT2D eigenvalue weighted by Crippen LogP contribution is -2.21. The maximum absolute atomic E-state index is 4.49. The number of hydrogen-bond donors (Lipinski definition) is 1. The summed E-state index contributed by atoms with van der Waals surface area (Å²) in [6, 6.07) is 6.51. The zero-order chi connectivity index (χ0) is 13.7. The first-order chi connectivity index (χ1) is 9.22. The number of rotatable bonds is 6. The molecule has 1 aromatic heterocycles. The van der Waals surface area contributed by atoms with Crippen LogP contribution >= 0.6 is 0 Å². The van der Waals surface area contributed by atoms with Crippen molar-refractivity contribution in [1.82, 2.24) is 15.3 Å². The van der Waals surface area contributed by atoms with Gasteiger partial charge in [0.05, 0.1) is 11.0 Å². The van der Waals surface area contributed by atoms with Crippen LogP contribution in [0.25, 0.3) is 11.0 Å². The van der Waals surface area contributed by atoms with Crippen molar-refractivity contribution in [3.05, 3.63) is 48.3 Å². The van der Waals surface area contributed by atoms with E-state index in [0.29, 0.717) is 6.04 Å². The minimum absolute atomic E-state index is 0.307. The summed E-state index contributed by atoms with van der Waals surface area (Å²) in [5.74, 6) is 0. The Balaban J connectivity index is 2.35. The number of nitrogens with zero attached hydrogens (tertiary/aromatic N) is 2. The SMILES string of the molecule is C=C(C)CCC(NCC)c1cccc2nccnc12. The van der Waals surface area contributed by atoms with Gasteiger partial charge < -0.3 is 5.32 Å². The molecule has 100 valence electrons. The molecule has 0 aliphatic carbocycles. The van der Waals surface area contributed by atoms with E-state index in [1.54, 1.807) is 12.4 Å². The number of nitrogens with one attached hydrogen (secondary N) is 1. The van der Waals surface area contributed by atoms with E-state index in [2.05, 4.69) is 47.8 Å². The largest absolute Gasteiger partial charge is 0.310 e. The molecule has 0 aliphatic rings. The van der Waals surface area contributed by atoms with Crippen LogP contribution in [0.1, 0.15) is 38.3 Å². The van der Waals surface area contributed by atoms with Gasteiger partial charge in [-0.15, -0.1) is 6.58 Å². The minimum Gasteiger partial charge on any atom is -0.310 e. The molecule has 0 saturated carbocycles. The lowest BCUT2D eigenvalue weighted by atomic mass is 9.98. The third-order valence-electron chi connectivity index (χ3n) is 3.22. The first kappa shape index (κ1) is 13.7. The van der Waals surface area contributed by atoms with Crippen LogP contribution in [0.15, 0.2) is 42.7 Å². The van der Waals surface area contributed by atoms with Gasteiger partial charge in [-0.1, -0.05) is 24.6 Å². The molecular formula is C16H21N3. The zero-order valence-corrected chi connectivity index (χ0v) is 11.7. The lowest BCUT2D eigenvalue weighted by Gasteiger charge is -2.19. The van der Waals surface area contributed by atoms with Gasteiger partial charge in [-0.2, -0.15) is 0 Å². The second kappa shape index (κ2) is 6.43. The van der Waals surface area contributed by atoms with Crippen LogP contribution in [-0.4, -0.2) is 16.5 Å². The van der Waals surface area contributed by atoms with E-state index in [0.717, 1.165) is 30.4 Å². The quantitative estimate of drug-likeness (QED) is 0.801. The van der Waals surface area contributed by atoms with Gasteiger partial charge >= 0.3 is 0 Å². The molecule has 1 atom stereocenters. The average molecular weight is 255 g/mol. The third-order valence-corrected chi connectivity index (χ3v) is 3.22. The smallest absolute Gasteiger partial charge is 0.0934 e. The number of fused-ring (bicyclic) bond motifs is 1. The van der Waals surface area contributed by atoms with E-state index >= 15 is 0 Å². The molecule has 0 saturated heterocycles. The van der Waals surface area contributed by atoms with E-state index in [9.17, 15) is 0 Å². The molecule has 1 N–H and O–H groups in total. The van der Waals surface area contributed by atoms with Crippen LogP contribution in [0.5, 0.6) is 0 Å². The number of benzene rings is 1. The Morgan fingerprint density at radius 2 is 2.11 bits per heavy atom. The molecule has 0 bridgehead atoms. The van der Waals surface area contributed by atoms with Crippen molar-refractivity contribution in [3.63, 3.8) is 0 Å². The van der Waals surface area contributed by atoms with E-state index in [-0.39, 0.29) is 0 Å². The van der Waals surface area contributed by atoms with Gasteiger partial charge in [0.15, 0.2) is 0 Å². The van der Waals surface area contributed by atoms with E-state index in [1.165, 1.54) is 11.1 Å². The number of hydrogen-bond acceptors (Lipinski definition) is 3. The van der Waals surface area contributed by atoms with Crippen molar-refractivity contribution in [2.24, 2.45) is 0 Å². The predicted molar refractivity (Wildman–Crippen MR) is 80.0 cm³/mol. The second-order valence-corrected chi connectivity index (χ2v) is 4.88. The molecule has 0 amide bonds. The Kier molecular flexibility index (Phi) is 4.63. The van der Waals surface area contributed by atoms with Crippen LogP contribution in [0, 0.1) is 0 Å². The normalized spacial score (nSPS) is 12.5. The van der Waals surface area contributed by atoms with Gasteiger partial charge in [0, 0.05) is 18.4 Å². The molecule has 19 heavy (non-hydrogen) atoms. The summed E-state index contributed by atoms with van der Waals surface area (Å²) < 4.78 is 0. The summed E-state index contributed by atoms with van der Waals surface area (Å²) in [7, 11) is 0. The summed E-state index contributed by atoms with van der Waals surface area (Å²) in [5.41, 5.74) is 4.40. The molecule has 3 nitrogen and oxygen atoms in total. The maximum atomic E-state index is 4.49. The highest BCUT2D eigenvalue weighted by Gasteiger charge is 2.14. The number of allylic oxidation sites excluding steroid dienone is 1. The molecule has 3 heteroatoms. The fourth-order valence-corrected chi connectivity index (χ4v) is 2.30. The summed E-state index contributed by atoms with van der Waals surface area (Å²) in [5, 5.41) is 3.54. The number of aromatic nitrogens is 2. The van der Waals surface area contributed by atoms with Crippen molar-refractivity contribution >= 4 is 11.0 Å². The minimum atomic E-state index is 0.307. The van der Waals surface area contributed by atoms with Crippen molar-refractivity contribution in [2.75, 3.05) is 6.54 Å². The Labute approximate surface area is 114 Å². The molecule has 0 radical (unpaired) electrons. The molecule has 1 unspecified atom stereocenters. The van der Waals surface area contributed by atoms with Crippen LogP contribution in [-0.2, 0) is 0 Å². The van der Waals surface area contributed by atoms with E-state index in [4.69, 9.17) is 0 Å². The molecule has 2 aromatic rings. The van der Waals surface area contributed by atoms with Gasteiger partial charge in [0.25, 0.3) is 0 Å². The van der Waals surface area contributed by atoms with Crippen molar-refractivity contribution in [3.8, 4) is 0 Å². The van der Waals surface area contributed by atoms with Crippen molar-refractivity contribution in [1.29, 1.82) is 0 Å². The van der Waals surface area contributed by atoms with E-state index < -0.39 is 0 Å². The van der Waals surface area contributed by atoms with Gasteiger partial charge in [-0.3, -0.25) is 9.97 Å². The molecule has 0 aliphatic heterocycles. The van der Waals surface area contributed by atoms with Crippen molar-refractivity contribution < 1.29 is 0 Å². The summed E-state index contributed by atoms with van der Waals surface area (Å²) in [6.07, 6.45) is 5.56. The fraction of sp³-hybridized carbons (Fsp3) is 0.375. The van der Waals surface area contributed by atoms with Gasteiger partial charge in [-0.05, 0) is 37.9 Å². The summed E-state index contributed by atoms with van der Waals surface area (Å²) in [6.45, 7) is 9.13. The predicted octanol–water partition coefficient (Wildman–Crippen LogP) is 3.64. The molecular weight excluding hydrogens is 234 g/mol. The second-order valence-electron chi connectivity index (χ2n) is 4.88. The van der Waals surface area contributed by atoms with Gasteiger partial charge in [-0.25, -0.2) is 0 Å². The first-order valence-corrected chi connectivity index (χ1v) is 6.79. The standard InChI is InChI=1S/C16H21N3/c1-4-17-14(9-8-12(2)3)13-6-5-7-15-16(13)19-11-10-18-15/h5-7,10-11,14,17H,2,4,8-9H2,1,3H3. The van der Waals surface area contributed by atoms with Crippen LogP contribution in [0.4, 0.5) is 0 Å². The Morgan fingerprint density at radius 1 is 1.32 bits per heavy atom. The summed E-state index contributed by atoms with van der Waals surface area (Å²) >= 11 is 0.